The van der Waals surface area contributed by atoms with Crippen molar-refractivity contribution in [1.82, 2.24) is 0 Å². The Morgan fingerprint density at radius 2 is 1.88 bits per heavy atom. The largest absolute Gasteiger partial charge is 0.118 e. The van der Waals surface area contributed by atoms with Crippen LogP contribution in [0.2, 0.25) is 0 Å². The molecular weight excluding hydrogens is 120 g/mol. The van der Waals surface area contributed by atoms with Crippen molar-refractivity contribution in [2.24, 2.45) is 0 Å². The summed E-state index contributed by atoms with van der Waals surface area (Å²) in [5, 5.41) is 0. The summed E-state index contributed by atoms with van der Waals surface area (Å²) in [5.74, 6) is 2.61. The molecule has 0 aromatic rings. The van der Waals surface area contributed by atoms with E-state index in [4.69, 9.17) is 18.0 Å². The molecule has 1 rings (SSSR count). The quantitative estimate of drug-likeness (QED) is 0.347. The Bertz CT molecular complexity index is 115. The molecule has 0 heterocycles. The van der Waals surface area contributed by atoms with Crippen molar-refractivity contribution in [3.8, 4) is 12.3 Å². The van der Waals surface area contributed by atoms with Gasteiger partial charge in [-0.1, -0.05) is 18.8 Å². The first kappa shape index (κ1) is 5.98. The van der Waals surface area contributed by atoms with Crippen LogP contribution in [0.15, 0.2) is 0 Å². The van der Waals surface area contributed by atoms with Crippen LogP contribution in [-0.4, -0.2) is 4.87 Å². The van der Waals surface area contributed by atoms with Crippen molar-refractivity contribution >= 4 is 11.6 Å². The van der Waals surface area contributed by atoms with Gasteiger partial charge in [-0.05, 0) is 12.8 Å². The Balaban J connectivity index is 2.56. The number of terminal acetylenes is 1. The lowest BCUT2D eigenvalue weighted by molar-refractivity contribution is 0.758. The van der Waals surface area contributed by atoms with Crippen LogP contribution >= 0.6 is 11.6 Å². The van der Waals surface area contributed by atoms with Crippen LogP contribution in [0.3, 0.4) is 0 Å². The van der Waals surface area contributed by atoms with Gasteiger partial charge in [0.1, 0.15) is 4.87 Å². The highest BCUT2D eigenvalue weighted by Crippen LogP contribution is 2.34. The summed E-state index contributed by atoms with van der Waals surface area (Å²) in [6, 6.07) is 0. The van der Waals surface area contributed by atoms with Crippen LogP contribution in [0, 0.1) is 12.3 Å². The maximum Gasteiger partial charge on any atom is 0.105 e. The first-order chi connectivity index (χ1) is 3.77. The van der Waals surface area contributed by atoms with Crippen molar-refractivity contribution in [3.63, 3.8) is 0 Å². The molecule has 0 radical (unpaired) electrons. The third kappa shape index (κ3) is 0.980. The van der Waals surface area contributed by atoms with Crippen LogP contribution in [0.5, 0.6) is 0 Å². The van der Waals surface area contributed by atoms with Gasteiger partial charge >= 0.3 is 0 Å². The molecule has 0 aromatic heterocycles. The molecule has 0 amide bonds. The van der Waals surface area contributed by atoms with Gasteiger partial charge in [-0.2, -0.15) is 0 Å². The Kier molecular flexibility index (Phi) is 1.49. The van der Waals surface area contributed by atoms with Gasteiger partial charge in [0, 0.05) is 0 Å². The van der Waals surface area contributed by atoms with E-state index in [0.29, 0.717) is 0 Å². The third-order valence-corrected chi connectivity index (χ3v) is 2.14. The fourth-order valence-corrected chi connectivity index (χ4v) is 1.35. The van der Waals surface area contributed by atoms with Gasteiger partial charge in [-0.15, -0.1) is 18.0 Å². The molecule has 1 fully saturated rings. The number of halogens is 1. The van der Waals surface area contributed by atoms with Crippen LogP contribution < -0.4 is 0 Å². The van der Waals surface area contributed by atoms with Crippen molar-refractivity contribution in [3.05, 3.63) is 0 Å². The lowest BCUT2D eigenvalue weighted by Crippen LogP contribution is -2.10. The molecule has 44 valence electrons. The number of alkyl halides is 1. The third-order valence-electron chi connectivity index (χ3n) is 1.65. The van der Waals surface area contributed by atoms with E-state index < -0.39 is 0 Å². The number of hydrogen-bond acceptors (Lipinski definition) is 0. The highest BCUT2D eigenvalue weighted by atomic mass is 35.5. The predicted octanol–water partition coefficient (Wildman–Crippen LogP) is 2.17. The van der Waals surface area contributed by atoms with Gasteiger partial charge in [-0.25, -0.2) is 0 Å². The second kappa shape index (κ2) is 1.99. The first-order valence-corrected chi connectivity index (χ1v) is 3.31. The van der Waals surface area contributed by atoms with Crippen molar-refractivity contribution in [1.29, 1.82) is 0 Å². The lowest BCUT2D eigenvalue weighted by Gasteiger charge is -2.09. The smallest absolute Gasteiger partial charge is 0.105 e. The molecule has 8 heavy (non-hydrogen) atoms. The standard InChI is InChI=1S/C7H9Cl/c1-2-7(8)5-3-4-6-7/h1H,3-6H2. The molecule has 0 saturated heterocycles. The Labute approximate surface area is 55.2 Å². The normalized spacial score (nSPS) is 25.0. The van der Waals surface area contributed by atoms with Crippen LogP contribution in [0.1, 0.15) is 25.7 Å². The summed E-state index contributed by atoms with van der Waals surface area (Å²) in [5.41, 5.74) is 0. The average Bonchev–Trinajstić information content (AvgIpc) is 2.17. The van der Waals surface area contributed by atoms with Crippen LogP contribution in [-0.2, 0) is 0 Å². The van der Waals surface area contributed by atoms with E-state index in [-0.39, 0.29) is 4.87 Å². The molecule has 0 unspecified atom stereocenters. The fourth-order valence-electron chi connectivity index (χ4n) is 1.08. The second-order valence-corrected chi connectivity index (χ2v) is 3.04. The summed E-state index contributed by atoms with van der Waals surface area (Å²) in [6.45, 7) is 0. The predicted molar refractivity (Wildman–Crippen MR) is 35.9 cm³/mol. The molecule has 0 bridgehead atoms. The maximum atomic E-state index is 5.92. The fraction of sp³-hybridized carbons (Fsp3) is 0.714. The Morgan fingerprint density at radius 1 is 1.38 bits per heavy atom. The number of rotatable bonds is 0. The van der Waals surface area contributed by atoms with E-state index in [1.165, 1.54) is 12.8 Å². The summed E-state index contributed by atoms with van der Waals surface area (Å²) in [7, 11) is 0. The van der Waals surface area contributed by atoms with E-state index in [1.54, 1.807) is 0 Å². The minimum Gasteiger partial charge on any atom is -0.118 e. The van der Waals surface area contributed by atoms with Crippen LogP contribution in [0.4, 0.5) is 0 Å². The molecule has 1 aliphatic rings. The second-order valence-electron chi connectivity index (χ2n) is 2.32. The zero-order valence-electron chi connectivity index (χ0n) is 4.78. The van der Waals surface area contributed by atoms with Crippen molar-refractivity contribution in [2.45, 2.75) is 30.6 Å². The maximum absolute atomic E-state index is 5.92. The average molecular weight is 129 g/mol. The first-order valence-electron chi connectivity index (χ1n) is 2.93. The highest BCUT2D eigenvalue weighted by molar-refractivity contribution is 6.26. The molecule has 1 aliphatic carbocycles. The van der Waals surface area contributed by atoms with E-state index in [2.05, 4.69) is 5.92 Å². The van der Waals surface area contributed by atoms with Crippen LogP contribution in [0.25, 0.3) is 0 Å². The van der Waals surface area contributed by atoms with E-state index >= 15 is 0 Å². The SMILES string of the molecule is C#CC1(Cl)CCCC1. The van der Waals surface area contributed by atoms with Gasteiger partial charge in [0.15, 0.2) is 0 Å². The molecule has 0 N–H and O–H groups in total. The van der Waals surface area contributed by atoms with Crippen molar-refractivity contribution < 1.29 is 0 Å². The van der Waals surface area contributed by atoms with E-state index in [0.717, 1.165) is 12.8 Å². The summed E-state index contributed by atoms with van der Waals surface area (Å²) >= 11 is 5.92. The minimum absolute atomic E-state index is 0.264. The number of hydrogen-bond donors (Lipinski definition) is 0. The van der Waals surface area contributed by atoms with Gasteiger partial charge in [0.25, 0.3) is 0 Å². The van der Waals surface area contributed by atoms with E-state index in [9.17, 15) is 0 Å². The minimum atomic E-state index is -0.264. The van der Waals surface area contributed by atoms with Gasteiger partial charge in [-0.3, -0.25) is 0 Å². The Hall–Kier alpha value is -0.150. The van der Waals surface area contributed by atoms with Gasteiger partial charge < -0.3 is 0 Å². The molecule has 0 aliphatic heterocycles. The lowest BCUT2D eigenvalue weighted by atomic mass is 10.1. The molecular formula is C7H9Cl. The highest BCUT2D eigenvalue weighted by Gasteiger charge is 2.28. The summed E-state index contributed by atoms with van der Waals surface area (Å²) in [6.07, 6.45) is 9.60. The van der Waals surface area contributed by atoms with Gasteiger partial charge in [0.2, 0.25) is 0 Å². The molecule has 0 aromatic carbocycles. The van der Waals surface area contributed by atoms with Gasteiger partial charge in [0.05, 0.1) is 0 Å². The molecule has 1 saturated carbocycles. The molecule has 0 spiro atoms. The zero-order chi connectivity index (χ0) is 6.04. The zero-order valence-corrected chi connectivity index (χ0v) is 5.54. The molecule has 0 atom stereocenters. The van der Waals surface area contributed by atoms with E-state index in [1.807, 2.05) is 0 Å². The molecule has 0 nitrogen and oxygen atoms in total. The topological polar surface area (TPSA) is 0 Å². The Morgan fingerprint density at radius 3 is 2.12 bits per heavy atom. The summed E-state index contributed by atoms with van der Waals surface area (Å²) < 4.78 is 0. The van der Waals surface area contributed by atoms with Crippen molar-refractivity contribution in [2.75, 3.05) is 0 Å². The monoisotopic (exact) mass is 128 g/mol. The summed E-state index contributed by atoms with van der Waals surface area (Å²) in [4.78, 5) is -0.264. The molecule has 1 heteroatoms.